The Balaban J connectivity index is 0.00000300. The molecule has 3 heterocycles. The number of aromatic nitrogens is 1. The highest BCUT2D eigenvalue weighted by Crippen LogP contribution is 2.15. The standard InChI is InChI=1S/C22H33N5S.HI/c1-3-23-22(25-16-18(2)15-21-8-6-14-28-21)26-19-9-12-27(13-10-19)17-20-7-4-5-11-24-20;/h4-8,11,14,18-19H,3,9-10,12-13,15-17H2,1-2H3,(H2,23,25,26);1H. The van der Waals surface area contributed by atoms with Gasteiger partial charge in [0.1, 0.15) is 0 Å². The number of pyridine rings is 1. The van der Waals surface area contributed by atoms with E-state index in [1.165, 1.54) is 4.88 Å². The predicted octanol–water partition coefficient (Wildman–Crippen LogP) is 4.16. The molecular weight excluding hydrogens is 493 g/mol. The van der Waals surface area contributed by atoms with Gasteiger partial charge in [0.25, 0.3) is 0 Å². The fourth-order valence-corrected chi connectivity index (χ4v) is 4.42. The Hall–Kier alpha value is -1.19. The van der Waals surface area contributed by atoms with Crippen molar-refractivity contribution in [1.29, 1.82) is 0 Å². The third kappa shape index (κ3) is 8.60. The van der Waals surface area contributed by atoms with Crippen LogP contribution in [-0.4, -0.2) is 48.1 Å². The van der Waals surface area contributed by atoms with Crippen molar-refractivity contribution in [2.24, 2.45) is 10.9 Å². The Morgan fingerprint density at radius 3 is 2.76 bits per heavy atom. The molecule has 1 saturated heterocycles. The highest BCUT2D eigenvalue weighted by Gasteiger charge is 2.20. The first-order valence-corrected chi connectivity index (χ1v) is 11.3. The molecule has 2 aromatic rings. The lowest BCUT2D eigenvalue weighted by molar-refractivity contribution is 0.196. The van der Waals surface area contributed by atoms with Crippen LogP contribution >= 0.6 is 35.3 Å². The van der Waals surface area contributed by atoms with E-state index in [2.05, 4.69) is 64.0 Å². The topological polar surface area (TPSA) is 52.6 Å². The molecule has 3 rings (SSSR count). The second-order valence-electron chi connectivity index (χ2n) is 7.62. The molecule has 0 bridgehead atoms. The second kappa shape index (κ2) is 13.2. The molecule has 0 amide bonds. The first kappa shape index (κ1) is 24.1. The Labute approximate surface area is 196 Å². The smallest absolute Gasteiger partial charge is 0.191 e. The molecule has 1 atom stereocenters. The summed E-state index contributed by atoms with van der Waals surface area (Å²) in [6, 6.07) is 11.0. The van der Waals surface area contributed by atoms with E-state index >= 15 is 0 Å². The van der Waals surface area contributed by atoms with Crippen molar-refractivity contribution in [2.45, 2.75) is 45.7 Å². The van der Waals surface area contributed by atoms with Crippen LogP contribution in [0, 0.1) is 5.92 Å². The molecule has 1 aliphatic heterocycles. The van der Waals surface area contributed by atoms with Gasteiger partial charge in [-0.05, 0) is 55.7 Å². The van der Waals surface area contributed by atoms with Crippen molar-refractivity contribution in [3.63, 3.8) is 0 Å². The van der Waals surface area contributed by atoms with Crippen molar-refractivity contribution in [3.8, 4) is 0 Å². The zero-order valence-electron chi connectivity index (χ0n) is 17.5. The van der Waals surface area contributed by atoms with Crippen molar-refractivity contribution >= 4 is 41.3 Å². The molecular formula is C22H34IN5S. The summed E-state index contributed by atoms with van der Waals surface area (Å²) >= 11 is 1.84. The summed E-state index contributed by atoms with van der Waals surface area (Å²) in [6.07, 6.45) is 5.26. The van der Waals surface area contributed by atoms with Gasteiger partial charge in [-0.25, -0.2) is 0 Å². The Bertz CT molecular complexity index is 699. The highest BCUT2D eigenvalue weighted by atomic mass is 127. The van der Waals surface area contributed by atoms with Gasteiger partial charge < -0.3 is 10.6 Å². The number of piperidine rings is 1. The fourth-order valence-electron chi connectivity index (χ4n) is 3.55. The van der Waals surface area contributed by atoms with Crippen LogP contribution in [0.3, 0.4) is 0 Å². The average Bonchev–Trinajstić information content (AvgIpc) is 3.21. The number of guanidine groups is 1. The van der Waals surface area contributed by atoms with Crippen molar-refractivity contribution in [3.05, 3.63) is 52.5 Å². The lowest BCUT2D eigenvalue weighted by Gasteiger charge is -2.33. The molecule has 160 valence electrons. The van der Waals surface area contributed by atoms with Gasteiger partial charge in [0.15, 0.2) is 5.96 Å². The molecule has 0 aliphatic carbocycles. The molecule has 0 saturated carbocycles. The van der Waals surface area contributed by atoms with Gasteiger partial charge in [-0.2, -0.15) is 0 Å². The van der Waals surface area contributed by atoms with Gasteiger partial charge in [0.05, 0.1) is 5.69 Å². The van der Waals surface area contributed by atoms with Crippen LogP contribution in [0.1, 0.15) is 37.3 Å². The number of rotatable bonds is 8. The molecule has 29 heavy (non-hydrogen) atoms. The first-order chi connectivity index (χ1) is 13.7. The molecule has 1 fully saturated rings. The summed E-state index contributed by atoms with van der Waals surface area (Å²) in [6.45, 7) is 9.30. The average molecular weight is 528 g/mol. The van der Waals surface area contributed by atoms with Crippen molar-refractivity contribution in [2.75, 3.05) is 26.2 Å². The largest absolute Gasteiger partial charge is 0.357 e. The van der Waals surface area contributed by atoms with Crippen LogP contribution < -0.4 is 10.6 Å². The van der Waals surface area contributed by atoms with Crippen LogP contribution in [0.25, 0.3) is 0 Å². The van der Waals surface area contributed by atoms with Crippen LogP contribution in [0.5, 0.6) is 0 Å². The van der Waals surface area contributed by atoms with E-state index in [0.29, 0.717) is 12.0 Å². The van der Waals surface area contributed by atoms with Crippen molar-refractivity contribution < 1.29 is 0 Å². The van der Waals surface area contributed by atoms with E-state index in [0.717, 1.165) is 63.6 Å². The number of hydrogen-bond acceptors (Lipinski definition) is 4. The predicted molar refractivity (Wildman–Crippen MR) is 134 cm³/mol. The third-order valence-electron chi connectivity index (χ3n) is 5.08. The normalized spacial score (nSPS) is 16.8. The number of nitrogens with one attached hydrogen (secondary N) is 2. The van der Waals surface area contributed by atoms with Crippen LogP contribution in [0.2, 0.25) is 0 Å². The maximum atomic E-state index is 4.85. The lowest BCUT2D eigenvalue weighted by atomic mass is 10.0. The van der Waals surface area contributed by atoms with Gasteiger partial charge in [0.2, 0.25) is 0 Å². The number of halogens is 1. The minimum absolute atomic E-state index is 0. The number of likely N-dealkylation sites (tertiary alicyclic amines) is 1. The van der Waals surface area contributed by atoms with Gasteiger partial charge in [-0.1, -0.05) is 19.1 Å². The van der Waals surface area contributed by atoms with Crippen LogP contribution in [0.4, 0.5) is 0 Å². The molecule has 1 unspecified atom stereocenters. The zero-order chi connectivity index (χ0) is 19.6. The SMILES string of the molecule is CCNC(=NCC(C)Cc1cccs1)NC1CCN(Cc2ccccn2)CC1.I. The molecule has 7 heteroatoms. The third-order valence-corrected chi connectivity index (χ3v) is 5.97. The van der Waals surface area contributed by atoms with Gasteiger partial charge >= 0.3 is 0 Å². The minimum Gasteiger partial charge on any atom is -0.357 e. The van der Waals surface area contributed by atoms with Gasteiger partial charge in [-0.15, -0.1) is 35.3 Å². The maximum absolute atomic E-state index is 4.85. The minimum atomic E-state index is 0. The van der Waals surface area contributed by atoms with Gasteiger partial charge in [0, 0.05) is 49.8 Å². The van der Waals surface area contributed by atoms with E-state index in [9.17, 15) is 0 Å². The maximum Gasteiger partial charge on any atom is 0.191 e. The number of thiophene rings is 1. The summed E-state index contributed by atoms with van der Waals surface area (Å²) in [7, 11) is 0. The molecule has 2 N–H and O–H groups in total. The molecule has 1 aliphatic rings. The van der Waals surface area contributed by atoms with Crippen LogP contribution in [0.15, 0.2) is 46.9 Å². The number of hydrogen-bond donors (Lipinski definition) is 2. The fraction of sp³-hybridized carbons (Fsp3) is 0.545. The number of nitrogens with zero attached hydrogens (tertiary/aromatic N) is 3. The number of aliphatic imine (C=N–C) groups is 1. The summed E-state index contributed by atoms with van der Waals surface area (Å²) in [5.74, 6) is 1.51. The zero-order valence-corrected chi connectivity index (χ0v) is 20.7. The molecule has 0 aromatic carbocycles. The van der Waals surface area contributed by atoms with Crippen molar-refractivity contribution in [1.82, 2.24) is 20.5 Å². The Kier molecular flexibility index (Phi) is 10.9. The summed E-state index contributed by atoms with van der Waals surface area (Å²) < 4.78 is 0. The summed E-state index contributed by atoms with van der Waals surface area (Å²) in [4.78, 5) is 13.2. The molecule has 0 radical (unpaired) electrons. The lowest BCUT2D eigenvalue weighted by Crippen LogP contribution is -2.48. The molecule has 2 aromatic heterocycles. The first-order valence-electron chi connectivity index (χ1n) is 10.4. The summed E-state index contributed by atoms with van der Waals surface area (Å²) in [5, 5.41) is 9.22. The van der Waals surface area contributed by atoms with E-state index in [1.807, 2.05) is 23.6 Å². The quantitative estimate of drug-likeness (QED) is 0.308. The van der Waals surface area contributed by atoms with E-state index in [-0.39, 0.29) is 24.0 Å². The van der Waals surface area contributed by atoms with Gasteiger partial charge in [-0.3, -0.25) is 14.9 Å². The van der Waals surface area contributed by atoms with E-state index in [1.54, 1.807) is 0 Å². The monoisotopic (exact) mass is 527 g/mol. The second-order valence-corrected chi connectivity index (χ2v) is 8.66. The van der Waals surface area contributed by atoms with Crippen LogP contribution in [-0.2, 0) is 13.0 Å². The molecule has 5 nitrogen and oxygen atoms in total. The Morgan fingerprint density at radius 2 is 2.10 bits per heavy atom. The van der Waals surface area contributed by atoms with E-state index < -0.39 is 0 Å². The summed E-state index contributed by atoms with van der Waals surface area (Å²) in [5.41, 5.74) is 1.16. The Morgan fingerprint density at radius 1 is 1.28 bits per heavy atom. The van der Waals surface area contributed by atoms with E-state index in [4.69, 9.17) is 4.99 Å². The highest BCUT2D eigenvalue weighted by molar-refractivity contribution is 14.0. The molecule has 0 spiro atoms.